The number of unbranched alkanes of at least 4 members (excludes halogenated alkanes) is 2. The highest BCUT2D eigenvalue weighted by molar-refractivity contribution is 6.00. The Bertz CT molecular complexity index is 2990. The molecule has 26 nitrogen and oxygen atoms in total. The quantitative estimate of drug-likeness (QED) is 0.0455. The second kappa shape index (κ2) is 31.5. The van der Waals surface area contributed by atoms with E-state index in [1.807, 2.05) is 48.5 Å². The van der Waals surface area contributed by atoms with Crippen LogP contribution in [0.5, 0.6) is 11.5 Å². The Hall–Kier alpha value is -7.63. The Morgan fingerprint density at radius 1 is 0.659 bits per heavy atom. The normalized spacial score (nSPS) is 26.5. The summed E-state index contributed by atoms with van der Waals surface area (Å²) in [5, 5.41) is 105. The van der Waals surface area contributed by atoms with Crippen LogP contribution in [-0.4, -0.2) is 217 Å². The van der Waals surface area contributed by atoms with Crippen molar-refractivity contribution >= 4 is 41.4 Å². The molecule has 26 heteroatoms. The molecule has 478 valence electrons. The minimum atomic E-state index is -2.29. The van der Waals surface area contributed by atoms with Gasteiger partial charge in [0.2, 0.25) is 35.4 Å². The van der Waals surface area contributed by atoms with Crippen molar-refractivity contribution in [1.82, 2.24) is 41.7 Å². The molecule has 7 amide bonds. The molecule has 0 aliphatic carbocycles. The molecule has 0 bridgehead atoms. The number of nitrogens with two attached hydrogens (primary N) is 1. The zero-order chi connectivity index (χ0) is 63.9. The van der Waals surface area contributed by atoms with Gasteiger partial charge in [-0.25, -0.2) is 0 Å². The summed E-state index contributed by atoms with van der Waals surface area (Å²) in [6.45, 7) is 6.05. The molecule has 88 heavy (non-hydrogen) atoms. The van der Waals surface area contributed by atoms with Crippen LogP contribution in [0.1, 0.15) is 81.8 Å². The van der Waals surface area contributed by atoms with Gasteiger partial charge in [0.1, 0.15) is 66.1 Å². The van der Waals surface area contributed by atoms with Crippen LogP contribution in [0.25, 0.3) is 22.3 Å². The van der Waals surface area contributed by atoms with Gasteiger partial charge in [0, 0.05) is 57.0 Å². The van der Waals surface area contributed by atoms with Crippen LogP contribution in [0.2, 0.25) is 0 Å². The summed E-state index contributed by atoms with van der Waals surface area (Å²) in [4.78, 5) is 104. The standard InChI is InChI=1S/C62H83N9O17/c1-5-6-7-27-87-44-22-18-39(19-23-44)37-10-8-36(9-11-37)38-12-14-41(15-13-38)55(80)65-45-30-47(76)60(88-28-26-64-25-24-63)69-59(84)51-52(77)33(2)31-71(51)62(86)49(35(4)73)67-58(83)50(54(79)53(78)40-16-20-42(74)21-17-40)68-57(82)46-29-43(75)32-70(46)61(85)48(34(3)72)66-56(45)81/h8-23,33-35,43,45-54,60,64,72-79H,5-7,24-32,63H2,1-4H3,(H,65,80)(H,66,81)(H,67,83)(H,68,82)(H,69,84). The van der Waals surface area contributed by atoms with Gasteiger partial charge < -0.3 is 97.8 Å². The molecule has 7 rings (SSSR count). The molecule has 3 aliphatic rings. The van der Waals surface area contributed by atoms with E-state index in [4.69, 9.17) is 15.2 Å². The van der Waals surface area contributed by atoms with E-state index in [0.717, 1.165) is 70.9 Å². The summed E-state index contributed by atoms with van der Waals surface area (Å²) >= 11 is 0. The summed E-state index contributed by atoms with van der Waals surface area (Å²) in [6, 6.07) is 15.1. The van der Waals surface area contributed by atoms with Crippen molar-refractivity contribution in [2.75, 3.05) is 45.9 Å². The van der Waals surface area contributed by atoms with E-state index >= 15 is 0 Å². The lowest BCUT2D eigenvalue weighted by Crippen LogP contribution is -2.64. The van der Waals surface area contributed by atoms with Gasteiger partial charge in [0.15, 0.2) is 6.23 Å². The van der Waals surface area contributed by atoms with Crippen molar-refractivity contribution in [3.8, 4) is 33.8 Å². The highest BCUT2D eigenvalue weighted by Crippen LogP contribution is 2.30. The lowest BCUT2D eigenvalue weighted by atomic mass is 9.96. The van der Waals surface area contributed by atoms with E-state index < -0.39 is 152 Å². The molecule has 3 saturated heterocycles. The Balaban J connectivity index is 1.22. The van der Waals surface area contributed by atoms with Crippen molar-refractivity contribution < 1.29 is 83.9 Å². The number of aliphatic hydroxyl groups excluding tert-OH is 7. The number of ether oxygens (including phenoxy) is 2. The number of hydrogen-bond donors (Lipinski definition) is 15. The highest BCUT2D eigenvalue weighted by atomic mass is 16.5. The van der Waals surface area contributed by atoms with Crippen molar-refractivity contribution in [1.29, 1.82) is 0 Å². The molecule has 3 aliphatic heterocycles. The number of carbonyl (C=O) groups is 7. The minimum absolute atomic E-state index is 0.0359. The van der Waals surface area contributed by atoms with E-state index in [1.54, 1.807) is 12.1 Å². The Labute approximate surface area is 509 Å². The number of amides is 7. The Morgan fingerprint density at radius 2 is 1.22 bits per heavy atom. The predicted molar refractivity (Wildman–Crippen MR) is 319 cm³/mol. The topological polar surface area (TPSA) is 404 Å². The summed E-state index contributed by atoms with van der Waals surface area (Å²) in [6.07, 6.45) is -12.8. The maximum absolute atomic E-state index is 14.8. The van der Waals surface area contributed by atoms with Gasteiger partial charge in [0.25, 0.3) is 5.91 Å². The highest BCUT2D eigenvalue weighted by Gasteiger charge is 2.50. The zero-order valence-electron chi connectivity index (χ0n) is 49.6. The average molecular weight is 1230 g/mol. The van der Waals surface area contributed by atoms with Crippen molar-refractivity contribution in [2.24, 2.45) is 11.7 Å². The molecule has 4 aromatic carbocycles. The molecular formula is C62H83N9O17. The maximum Gasteiger partial charge on any atom is 0.251 e. The summed E-state index contributed by atoms with van der Waals surface area (Å²) in [7, 11) is 0. The third-order valence-electron chi connectivity index (χ3n) is 15.9. The van der Waals surface area contributed by atoms with Gasteiger partial charge in [-0.3, -0.25) is 33.6 Å². The number of fused-ring (bicyclic) bond motifs is 2. The summed E-state index contributed by atoms with van der Waals surface area (Å²) in [5.74, 6) is -8.35. The number of phenols is 1. The number of hydrogen-bond acceptors (Lipinski definition) is 19. The van der Waals surface area contributed by atoms with Crippen LogP contribution in [0.3, 0.4) is 0 Å². The number of carbonyl (C=O) groups excluding carboxylic acids is 7. The van der Waals surface area contributed by atoms with Crippen molar-refractivity contribution in [2.45, 2.75) is 145 Å². The fourth-order valence-corrected chi connectivity index (χ4v) is 10.8. The van der Waals surface area contributed by atoms with E-state index in [1.165, 1.54) is 43.3 Å². The van der Waals surface area contributed by atoms with Crippen molar-refractivity contribution in [3.05, 3.63) is 108 Å². The zero-order valence-corrected chi connectivity index (χ0v) is 49.6. The number of aliphatic hydroxyl groups is 7. The lowest BCUT2D eigenvalue weighted by molar-refractivity contribution is -0.149. The first-order chi connectivity index (χ1) is 42.0. The van der Waals surface area contributed by atoms with E-state index in [9.17, 15) is 74.4 Å². The molecular weight excluding hydrogens is 1140 g/mol. The lowest BCUT2D eigenvalue weighted by Gasteiger charge is -2.34. The number of rotatable bonds is 20. The van der Waals surface area contributed by atoms with Crippen LogP contribution in [-0.2, 0) is 33.5 Å². The molecule has 0 radical (unpaired) electrons. The third kappa shape index (κ3) is 17.2. The largest absolute Gasteiger partial charge is 0.508 e. The molecule has 15 unspecified atom stereocenters. The fourth-order valence-electron chi connectivity index (χ4n) is 10.8. The van der Waals surface area contributed by atoms with Crippen LogP contribution < -0.4 is 42.4 Å². The molecule has 16 N–H and O–H groups in total. The summed E-state index contributed by atoms with van der Waals surface area (Å²) < 4.78 is 11.9. The monoisotopic (exact) mass is 1230 g/mol. The predicted octanol–water partition coefficient (Wildman–Crippen LogP) is -1.35. The van der Waals surface area contributed by atoms with E-state index in [2.05, 4.69) is 38.8 Å². The molecule has 3 heterocycles. The van der Waals surface area contributed by atoms with Crippen LogP contribution in [0.4, 0.5) is 0 Å². The van der Waals surface area contributed by atoms with Gasteiger partial charge in [-0.1, -0.05) is 87.4 Å². The van der Waals surface area contributed by atoms with Crippen LogP contribution in [0.15, 0.2) is 97.1 Å². The Kier molecular flexibility index (Phi) is 24.3. The molecule has 3 fully saturated rings. The molecule has 0 saturated carbocycles. The van der Waals surface area contributed by atoms with Crippen LogP contribution in [0, 0.1) is 5.92 Å². The number of benzene rings is 4. The second-order valence-corrected chi connectivity index (χ2v) is 22.7. The van der Waals surface area contributed by atoms with Gasteiger partial charge in [-0.05, 0) is 84.5 Å². The first kappa shape index (κ1) is 67.9. The molecule has 4 aromatic rings. The molecule has 0 aromatic heterocycles. The number of phenolic OH excluding ortho intramolecular Hbond substituents is 1. The number of nitrogens with one attached hydrogen (secondary N) is 6. The Morgan fingerprint density at radius 3 is 1.80 bits per heavy atom. The SMILES string of the molecule is CCCCCOc1ccc(-c2ccc(-c3ccc(C(=O)NC4CC(O)C(OCCNCCN)NC(=O)C5C(O)C(C)CN5C(=O)C(C(C)O)NC(=O)C(C(O)C(O)c5ccc(O)cc5)NC(=O)C5CC(O)CN5C(=O)C(C(C)O)NC4=O)cc3)cc2)cc1. The molecule has 0 spiro atoms. The minimum Gasteiger partial charge on any atom is -0.508 e. The van der Waals surface area contributed by atoms with Crippen LogP contribution >= 0.6 is 0 Å². The molecule has 15 atom stereocenters. The number of aromatic hydroxyl groups is 1. The van der Waals surface area contributed by atoms with Gasteiger partial charge in [0.05, 0.1) is 37.6 Å². The average Bonchev–Trinajstić information content (AvgIpc) is 2.10. The first-order valence-corrected chi connectivity index (χ1v) is 29.7. The van der Waals surface area contributed by atoms with E-state index in [-0.39, 0.29) is 43.1 Å². The van der Waals surface area contributed by atoms with E-state index in [0.29, 0.717) is 13.2 Å². The van der Waals surface area contributed by atoms with Gasteiger partial charge in [-0.2, -0.15) is 0 Å². The first-order valence-electron chi connectivity index (χ1n) is 29.7. The number of nitrogens with zero attached hydrogens (tertiary/aromatic N) is 2. The fraction of sp³-hybridized carbons (Fsp3) is 0.500. The smallest absolute Gasteiger partial charge is 0.251 e. The van der Waals surface area contributed by atoms with Gasteiger partial charge in [-0.15, -0.1) is 0 Å². The van der Waals surface area contributed by atoms with Crippen molar-refractivity contribution in [3.63, 3.8) is 0 Å². The third-order valence-corrected chi connectivity index (χ3v) is 15.9. The van der Waals surface area contributed by atoms with Gasteiger partial charge >= 0.3 is 0 Å². The maximum atomic E-state index is 14.8. The second-order valence-electron chi connectivity index (χ2n) is 22.7. The summed E-state index contributed by atoms with van der Waals surface area (Å²) in [5.41, 5.74) is 9.09.